The van der Waals surface area contributed by atoms with Gasteiger partial charge in [0, 0.05) is 59.1 Å². The van der Waals surface area contributed by atoms with Crippen molar-refractivity contribution in [3.8, 4) is 11.6 Å². The molecule has 188 valence electrons. The third kappa shape index (κ3) is 5.31. The molecule has 6 rings (SSSR count). The van der Waals surface area contributed by atoms with Crippen LogP contribution in [0.4, 0.5) is 21.7 Å². The van der Waals surface area contributed by atoms with E-state index in [4.69, 9.17) is 9.47 Å². The van der Waals surface area contributed by atoms with Gasteiger partial charge in [0.05, 0.1) is 13.2 Å². The molecule has 9 heteroatoms. The molecule has 1 aliphatic heterocycles. The number of nitrogens with zero attached hydrogens (tertiary/aromatic N) is 3. The van der Waals surface area contributed by atoms with Gasteiger partial charge >= 0.3 is 0 Å². The van der Waals surface area contributed by atoms with Crippen LogP contribution in [-0.4, -0.2) is 48.2 Å². The van der Waals surface area contributed by atoms with E-state index in [1.807, 2.05) is 29.2 Å². The predicted octanol–water partition coefficient (Wildman–Crippen LogP) is 5.22. The summed E-state index contributed by atoms with van der Waals surface area (Å²) in [5.41, 5.74) is 1.52. The lowest BCUT2D eigenvalue weighted by Crippen LogP contribution is -2.36. The van der Waals surface area contributed by atoms with Crippen molar-refractivity contribution >= 4 is 34.0 Å². The van der Waals surface area contributed by atoms with Gasteiger partial charge in [0.2, 0.25) is 11.8 Å². The zero-order valence-electron chi connectivity index (χ0n) is 20.1. The van der Waals surface area contributed by atoms with E-state index in [-0.39, 0.29) is 11.5 Å². The number of benzene rings is 3. The number of morpholine rings is 1. The average Bonchev–Trinajstić information content (AvgIpc) is 3.74. The van der Waals surface area contributed by atoms with Gasteiger partial charge in [-0.1, -0.05) is 24.3 Å². The molecule has 0 spiro atoms. The Morgan fingerprint density at radius 1 is 1.03 bits per heavy atom. The summed E-state index contributed by atoms with van der Waals surface area (Å²) in [7, 11) is 0. The van der Waals surface area contributed by atoms with Crippen LogP contribution in [-0.2, 0) is 4.74 Å². The summed E-state index contributed by atoms with van der Waals surface area (Å²) in [6.07, 6.45) is 3.90. The van der Waals surface area contributed by atoms with Crippen LogP contribution < -0.4 is 20.3 Å². The maximum Gasteiger partial charge on any atom is 0.255 e. The molecule has 3 aromatic carbocycles. The Morgan fingerprint density at radius 3 is 2.65 bits per heavy atom. The van der Waals surface area contributed by atoms with Gasteiger partial charge in [-0.25, -0.2) is 9.37 Å². The van der Waals surface area contributed by atoms with Gasteiger partial charge < -0.3 is 25.0 Å². The number of carbonyl (C=O) groups excluding carboxylic acids is 1. The molecule has 2 aliphatic rings. The summed E-state index contributed by atoms with van der Waals surface area (Å²) < 4.78 is 25.9. The molecular weight excluding hydrogens is 473 g/mol. The second-order valence-corrected chi connectivity index (χ2v) is 9.15. The van der Waals surface area contributed by atoms with E-state index in [0.29, 0.717) is 61.3 Å². The van der Waals surface area contributed by atoms with Gasteiger partial charge in [0.15, 0.2) is 0 Å². The van der Waals surface area contributed by atoms with E-state index >= 15 is 0 Å². The van der Waals surface area contributed by atoms with Gasteiger partial charge in [0.1, 0.15) is 11.6 Å². The van der Waals surface area contributed by atoms with E-state index in [9.17, 15) is 9.18 Å². The Morgan fingerprint density at radius 2 is 1.84 bits per heavy atom. The van der Waals surface area contributed by atoms with Crippen molar-refractivity contribution in [3.63, 3.8) is 0 Å². The number of amides is 1. The number of hydrogen-bond donors (Lipinski definition) is 2. The molecule has 1 aliphatic carbocycles. The summed E-state index contributed by atoms with van der Waals surface area (Å²) in [6.45, 7) is 2.46. The standard InChI is InChI=1S/C28H26FN5O3/c29-19-15-18(16-21(17-19)34-11-13-36-14-12-34)27(35)32-24-7-8-25(23-4-2-1-3-22(23)24)37-26-9-10-30-28(33-26)31-20-5-6-20/h1-4,7-10,15-17,20H,5-6,11-14H2,(H,32,35)(H,30,31,33). The number of anilines is 3. The van der Waals surface area contributed by atoms with Crippen LogP contribution >= 0.6 is 0 Å². The lowest BCUT2D eigenvalue weighted by atomic mass is 10.1. The Labute approximate surface area is 213 Å². The van der Waals surface area contributed by atoms with Crippen LogP contribution in [0, 0.1) is 5.82 Å². The van der Waals surface area contributed by atoms with Crippen LogP contribution in [0.25, 0.3) is 10.8 Å². The number of nitrogens with one attached hydrogen (secondary N) is 2. The van der Waals surface area contributed by atoms with E-state index in [0.717, 1.165) is 23.6 Å². The minimum absolute atomic E-state index is 0.252. The molecule has 2 heterocycles. The second kappa shape index (κ2) is 10.0. The summed E-state index contributed by atoms with van der Waals surface area (Å²) in [5, 5.41) is 7.82. The van der Waals surface area contributed by atoms with Gasteiger partial charge in [0.25, 0.3) is 5.91 Å². The van der Waals surface area contributed by atoms with Crippen molar-refractivity contribution < 1.29 is 18.7 Å². The second-order valence-electron chi connectivity index (χ2n) is 9.15. The zero-order valence-corrected chi connectivity index (χ0v) is 20.1. The SMILES string of the molecule is O=C(Nc1ccc(Oc2ccnc(NC3CC3)n2)c2ccccc12)c1cc(F)cc(N2CCOCC2)c1. The van der Waals surface area contributed by atoms with Crippen LogP contribution in [0.1, 0.15) is 23.2 Å². The lowest BCUT2D eigenvalue weighted by Gasteiger charge is -2.29. The average molecular weight is 500 g/mol. The smallest absolute Gasteiger partial charge is 0.255 e. The van der Waals surface area contributed by atoms with Crippen molar-refractivity contribution in [2.75, 3.05) is 41.8 Å². The van der Waals surface area contributed by atoms with Crippen molar-refractivity contribution in [1.82, 2.24) is 9.97 Å². The van der Waals surface area contributed by atoms with E-state index in [1.54, 1.807) is 30.5 Å². The molecule has 0 radical (unpaired) electrons. The molecule has 1 amide bonds. The highest BCUT2D eigenvalue weighted by molar-refractivity contribution is 6.10. The number of rotatable bonds is 7. The van der Waals surface area contributed by atoms with Gasteiger partial charge in [-0.2, -0.15) is 4.98 Å². The fourth-order valence-corrected chi connectivity index (χ4v) is 4.36. The van der Waals surface area contributed by atoms with Crippen LogP contribution in [0.3, 0.4) is 0 Å². The molecule has 37 heavy (non-hydrogen) atoms. The number of hydrogen-bond acceptors (Lipinski definition) is 7. The van der Waals surface area contributed by atoms with Crippen LogP contribution in [0.5, 0.6) is 11.6 Å². The van der Waals surface area contributed by atoms with Gasteiger partial charge in [-0.3, -0.25) is 4.79 Å². The molecule has 1 aromatic heterocycles. The molecule has 4 aromatic rings. The minimum Gasteiger partial charge on any atom is -0.438 e. The maximum absolute atomic E-state index is 14.4. The molecule has 2 fully saturated rings. The van der Waals surface area contributed by atoms with Crippen molar-refractivity contribution in [2.45, 2.75) is 18.9 Å². The number of ether oxygens (including phenoxy) is 2. The lowest BCUT2D eigenvalue weighted by molar-refractivity contribution is 0.102. The molecule has 2 N–H and O–H groups in total. The predicted molar refractivity (Wildman–Crippen MR) is 140 cm³/mol. The molecule has 0 unspecified atom stereocenters. The van der Waals surface area contributed by atoms with Crippen molar-refractivity contribution in [1.29, 1.82) is 0 Å². The summed E-state index contributed by atoms with van der Waals surface area (Å²) in [6, 6.07) is 17.7. The first-order chi connectivity index (χ1) is 18.1. The van der Waals surface area contributed by atoms with E-state index in [1.165, 1.54) is 12.1 Å². The topological polar surface area (TPSA) is 88.6 Å². The number of halogens is 1. The monoisotopic (exact) mass is 499 g/mol. The normalized spacial score (nSPS) is 15.4. The van der Waals surface area contributed by atoms with Crippen molar-refractivity contribution in [2.24, 2.45) is 0 Å². The molecular formula is C28H26FN5O3. The quantitative estimate of drug-likeness (QED) is 0.360. The first kappa shape index (κ1) is 23.2. The molecule has 1 saturated heterocycles. The largest absolute Gasteiger partial charge is 0.438 e. The molecule has 1 saturated carbocycles. The molecule has 0 atom stereocenters. The molecule has 8 nitrogen and oxygen atoms in total. The Bertz CT molecular complexity index is 1450. The Hall–Kier alpha value is -4.24. The first-order valence-electron chi connectivity index (χ1n) is 12.4. The summed E-state index contributed by atoms with van der Waals surface area (Å²) in [5.74, 6) is 0.725. The van der Waals surface area contributed by atoms with E-state index in [2.05, 4.69) is 20.6 Å². The number of carbonyl (C=O) groups is 1. The highest BCUT2D eigenvalue weighted by Gasteiger charge is 2.22. The fourth-order valence-electron chi connectivity index (χ4n) is 4.36. The van der Waals surface area contributed by atoms with Crippen molar-refractivity contribution in [3.05, 3.63) is 78.2 Å². The zero-order chi connectivity index (χ0) is 25.2. The van der Waals surface area contributed by atoms with Gasteiger partial charge in [-0.15, -0.1) is 0 Å². The minimum atomic E-state index is -0.455. The highest BCUT2D eigenvalue weighted by atomic mass is 19.1. The Kier molecular flexibility index (Phi) is 6.28. The summed E-state index contributed by atoms with van der Waals surface area (Å²) >= 11 is 0. The van der Waals surface area contributed by atoms with Crippen LogP contribution in [0.2, 0.25) is 0 Å². The fraction of sp³-hybridized carbons (Fsp3) is 0.250. The maximum atomic E-state index is 14.4. The van der Waals surface area contributed by atoms with Gasteiger partial charge in [-0.05, 0) is 43.2 Å². The third-order valence-corrected chi connectivity index (χ3v) is 6.41. The Balaban J connectivity index is 1.25. The van der Waals surface area contributed by atoms with E-state index < -0.39 is 5.82 Å². The van der Waals surface area contributed by atoms with Crippen LogP contribution in [0.15, 0.2) is 66.9 Å². The summed E-state index contributed by atoms with van der Waals surface area (Å²) in [4.78, 5) is 23.9. The number of aromatic nitrogens is 2. The molecule has 0 bridgehead atoms. The third-order valence-electron chi connectivity index (χ3n) is 6.41. The number of fused-ring (bicyclic) bond motifs is 1. The highest BCUT2D eigenvalue weighted by Crippen LogP contribution is 2.34. The first-order valence-corrected chi connectivity index (χ1v) is 12.4.